The van der Waals surface area contributed by atoms with Crippen molar-refractivity contribution in [2.45, 2.75) is 6.54 Å². The number of halogens is 1. The summed E-state index contributed by atoms with van der Waals surface area (Å²) in [5.41, 5.74) is 0. The number of piperazine rings is 1. The monoisotopic (exact) mass is 322 g/mol. The number of hydrogen-bond acceptors (Lipinski definition) is 5. The standard InChI is InChI=1S/C13H15BrN4O/c14-12-3-2-11(19-12)10-17-6-8-18(9-7-17)13-15-4-1-5-16-13/h1-5H,6-10H2. The SMILES string of the molecule is Brc1ccc(CN2CCN(c3ncccn3)CC2)o1. The average molecular weight is 323 g/mol. The number of rotatable bonds is 3. The Balaban J connectivity index is 1.55. The van der Waals surface area contributed by atoms with Crippen molar-refractivity contribution in [1.29, 1.82) is 0 Å². The van der Waals surface area contributed by atoms with Gasteiger partial charge in [0.05, 0.1) is 6.54 Å². The van der Waals surface area contributed by atoms with Crippen LogP contribution in [-0.2, 0) is 6.54 Å². The zero-order valence-electron chi connectivity index (χ0n) is 10.5. The van der Waals surface area contributed by atoms with Gasteiger partial charge in [-0.1, -0.05) is 0 Å². The van der Waals surface area contributed by atoms with Crippen molar-refractivity contribution in [1.82, 2.24) is 14.9 Å². The molecule has 19 heavy (non-hydrogen) atoms. The van der Waals surface area contributed by atoms with Gasteiger partial charge in [-0.2, -0.15) is 0 Å². The van der Waals surface area contributed by atoms with Gasteiger partial charge in [-0.05, 0) is 34.1 Å². The van der Waals surface area contributed by atoms with Crippen molar-refractivity contribution in [3.05, 3.63) is 41.0 Å². The summed E-state index contributed by atoms with van der Waals surface area (Å²) in [6, 6.07) is 5.79. The third-order valence-electron chi connectivity index (χ3n) is 3.22. The van der Waals surface area contributed by atoms with Gasteiger partial charge in [0.1, 0.15) is 5.76 Å². The fourth-order valence-electron chi connectivity index (χ4n) is 2.22. The van der Waals surface area contributed by atoms with E-state index in [0.29, 0.717) is 0 Å². The molecule has 0 spiro atoms. The normalized spacial score (nSPS) is 16.8. The third kappa shape index (κ3) is 3.13. The van der Waals surface area contributed by atoms with E-state index in [1.54, 1.807) is 12.4 Å². The number of furan rings is 1. The number of anilines is 1. The molecule has 2 aromatic heterocycles. The van der Waals surface area contributed by atoms with E-state index < -0.39 is 0 Å². The molecule has 1 saturated heterocycles. The smallest absolute Gasteiger partial charge is 0.225 e. The molecule has 0 aliphatic carbocycles. The lowest BCUT2D eigenvalue weighted by molar-refractivity contribution is 0.228. The Labute approximate surface area is 120 Å². The van der Waals surface area contributed by atoms with Gasteiger partial charge >= 0.3 is 0 Å². The van der Waals surface area contributed by atoms with Crippen molar-refractivity contribution in [3.8, 4) is 0 Å². The van der Waals surface area contributed by atoms with E-state index in [4.69, 9.17) is 4.42 Å². The Bertz CT molecular complexity index is 522. The fourth-order valence-corrected chi connectivity index (χ4v) is 2.56. The number of aromatic nitrogens is 2. The first kappa shape index (κ1) is 12.6. The highest BCUT2D eigenvalue weighted by Crippen LogP contribution is 2.17. The highest BCUT2D eigenvalue weighted by atomic mass is 79.9. The molecule has 6 heteroatoms. The Morgan fingerprint density at radius 1 is 1.11 bits per heavy atom. The molecule has 0 amide bonds. The van der Waals surface area contributed by atoms with Crippen LogP contribution in [0.25, 0.3) is 0 Å². The lowest BCUT2D eigenvalue weighted by atomic mass is 10.3. The quantitative estimate of drug-likeness (QED) is 0.866. The van der Waals surface area contributed by atoms with Crippen LogP contribution in [0.1, 0.15) is 5.76 Å². The molecule has 3 rings (SSSR count). The van der Waals surface area contributed by atoms with Crippen molar-refractivity contribution in [2.24, 2.45) is 0 Å². The van der Waals surface area contributed by atoms with Crippen LogP contribution >= 0.6 is 15.9 Å². The molecule has 1 fully saturated rings. The summed E-state index contributed by atoms with van der Waals surface area (Å²) in [4.78, 5) is 13.2. The zero-order chi connectivity index (χ0) is 13.1. The van der Waals surface area contributed by atoms with E-state index in [0.717, 1.165) is 49.1 Å². The highest BCUT2D eigenvalue weighted by Gasteiger charge is 2.19. The van der Waals surface area contributed by atoms with E-state index in [2.05, 4.69) is 35.7 Å². The Kier molecular flexibility index (Phi) is 3.79. The van der Waals surface area contributed by atoms with Crippen LogP contribution in [-0.4, -0.2) is 41.0 Å². The van der Waals surface area contributed by atoms with Gasteiger partial charge < -0.3 is 9.32 Å². The minimum Gasteiger partial charge on any atom is -0.453 e. The summed E-state index contributed by atoms with van der Waals surface area (Å²) >= 11 is 3.33. The minimum absolute atomic E-state index is 0.791. The van der Waals surface area contributed by atoms with Crippen molar-refractivity contribution >= 4 is 21.9 Å². The predicted molar refractivity (Wildman–Crippen MR) is 75.9 cm³/mol. The third-order valence-corrected chi connectivity index (χ3v) is 3.64. The number of nitrogens with zero attached hydrogens (tertiary/aromatic N) is 4. The Hall–Kier alpha value is -1.40. The van der Waals surface area contributed by atoms with Crippen molar-refractivity contribution < 1.29 is 4.42 Å². The number of hydrogen-bond donors (Lipinski definition) is 0. The summed E-state index contributed by atoms with van der Waals surface area (Å²) < 4.78 is 6.32. The van der Waals surface area contributed by atoms with Crippen LogP contribution in [0.3, 0.4) is 0 Å². The zero-order valence-corrected chi connectivity index (χ0v) is 12.1. The largest absolute Gasteiger partial charge is 0.453 e. The molecule has 0 N–H and O–H groups in total. The Morgan fingerprint density at radius 2 is 1.84 bits per heavy atom. The molecule has 0 saturated carbocycles. The van der Waals surface area contributed by atoms with Crippen molar-refractivity contribution in [2.75, 3.05) is 31.1 Å². The van der Waals surface area contributed by atoms with Crippen molar-refractivity contribution in [3.63, 3.8) is 0 Å². The molecule has 3 heterocycles. The first-order valence-corrected chi connectivity index (χ1v) is 7.09. The van der Waals surface area contributed by atoms with Gasteiger partial charge in [0.25, 0.3) is 0 Å². The molecule has 0 aromatic carbocycles. The van der Waals surface area contributed by atoms with Gasteiger partial charge in [-0.3, -0.25) is 4.90 Å². The molecule has 0 radical (unpaired) electrons. The molecule has 0 atom stereocenters. The molecule has 0 bridgehead atoms. The van der Waals surface area contributed by atoms with Gasteiger partial charge in [-0.25, -0.2) is 9.97 Å². The van der Waals surface area contributed by atoms with Crippen LogP contribution in [0.4, 0.5) is 5.95 Å². The minimum atomic E-state index is 0.791. The van der Waals surface area contributed by atoms with Crippen LogP contribution in [0.2, 0.25) is 0 Å². The molecule has 1 aliphatic rings. The molecular formula is C13H15BrN4O. The maximum Gasteiger partial charge on any atom is 0.225 e. The van der Waals surface area contributed by atoms with E-state index in [1.807, 2.05) is 18.2 Å². The van der Waals surface area contributed by atoms with Crippen LogP contribution in [0, 0.1) is 0 Å². The fraction of sp³-hybridized carbons (Fsp3) is 0.385. The van der Waals surface area contributed by atoms with E-state index >= 15 is 0 Å². The summed E-state index contributed by atoms with van der Waals surface area (Å²) in [6.45, 7) is 4.75. The first-order valence-electron chi connectivity index (χ1n) is 6.30. The molecule has 0 unspecified atom stereocenters. The molecule has 1 aliphatic heterocycles. The maximum absolute atomic E-state index is 5.53. The predicted octanol–water partition coefficient (Wildman–Crippen LogP) is 2.15. The van der Waals surface area contributed by atoms with E-state index in [-0.39, 0.29) is 0 Å². The molecule has 100 valence electrons. The lowest BCUT2D eigenvalue weighted by Crippen LogP contribution is -2.46. The van der Waals surface area contributed by atoms with E-state index in [9.17, 15) is 0 Å². The van der Waals surface area contributed by atoms with Gasteiger partial charge in [0, 0.05) is 38.6 Å². The van der Waals surface area contributed by atoms with Crippen LogP contribution in [0.5, 0.6) is 0 Å². The summed E-state index contributed by atoms with van der Waals surface area (Å²) in [6.07, 6.45) is 3.57. The second kappa shape index (κ2) is 5.71. The summed E-state index contributed by atoms with van der Waals surface area (Å²) in [5, 5.41) is 0. The average Bonchev–Trinajstić information content (AvgIpc) is 2.86. The second-order valence-electron chi connectivity index (χ2n) is 4.52. The van der Waals surface area contributed by atoms with E-state index in [1.165, 1.54) is 0 Å². The van der Waals surface area contributed by atoms with Gasteiger partial charge in [0.15, 0.2) is 4.67 Å². The Morgan fingerprint density at radius 3 is 2.47 bits per heavy atom. The molecular weight excluding hydrogens is 308 g/mol. The summed E-state index contributed by atoms with van der Waals surface area (Å²) in [5.74, 6) is 1.82. The first-order chi connectivity index (χ1) is 9.31. The van der Waals surface area contributed by atoms with Gasteiger partial charge in [0.2, 0.25) is 5.95 Å². The van der Waals surface area contributed by atoms with Gasteiger partial charge in [-0.15, -0.1) is 0 Å². The topological polar surface area (TPSA) is 45.4 Å². The second-order valence-corrected chi connectivity index (χ2v) is 5.30. The summed E-state index contributed by atoms with van der Waals surface area (Å²) in [7, 11) is 0. The molecule has 2 aromatic rings. The van der Waals surface area contributed by atoms with Crippen LogP contribution in [0.15, 0.2) is 39.7 Å². The lowest BCUT2D eigenvalue weighted by Gasteiger charge is -2.34. The highest BCUT2D eigenvalue weighted by molar-refractivity contribution is 9.10. The van der Waals surface area contributed by atoms with Crippen LogP contribution < -0.4 is 4.90 Å². The molecule has 5 nitrogen and oxygen atoms in total. The maximum atomic E-state index is 5.53.